The van der Waals surface area contributed by atoms with Crippen molar-refractivity contribution in [3.63, 3.8) is 0 Å². The normalized spacial score (nSPS) is 22.0. The van der Waals surface area contributed by atoms with Crippen molar-refractivity contribution in [3.05, 3.63) is 106 Å². The predicted octanol–water partition coefficient (Wildman–Crippen LogP) is 6.76. The van der Waals surface area contributed by atoms with Crippen molar-refractivity contribution < 1.29 is 9.47 Å². The van der Waals surface area contributed by atoms with Crippen molar-refractivity contribution in [3.8, 4) is 11.5 Å². The zero-order chi connectivity index (χ0) is 18.7. The van der Waals surface area contributed by atoms with Crippen molar-refractivity contribution in [1.82, 2.24) is 0 Å². The van der Waals surface area contributed by atoms with Crippen LogP contribution in [0.2, 0.25) is 0 Å². The molecule has 2 aliphatic heterocycles. The van der Waals surface area contributed by atoms with Gasteiger partial charge in [-0.3, -0.25) is 0 Å². The fourth-order valence-corrected chi connectivity index (χ4v) is 4.88. The molecule has 0 aliphatic carbocycles. The second-order valence-corrected chi connectivity index (χ2v) is 8.37. The summed E-state index contributed by atoms with van der Waals surface area (Å²) in [6.45, 7) is 0. The maximum Gasteiger partial charge on any atom is 0.278 e. The molecule has 28 heavy (non-hydrogen) atoms. The third-order valence-corrected chi connectivity index (χ3v) is 6.41. The van der Waals surface area contributed by atoms with Crippen LogP contribution in [0.4, 0.5) is 0 Å². The van der Waals surface area contributed by atoms with E-state index < -0.39 is 5.79 Å². The molecule has 0 radical (unpaired) electrons. The van der Waals surface area contributed by atoms with E-state index in [1.165, 1.54) is 21.9 Å². The Kier molecular flexibility index (Phi) is 3.39. The lowest BCUT2D eigenvalue weighted by Crippen LogP contribution is -2.46. The summed E-state index contributed by atoms with van der Waals surface area (Å²) in [6, 6.07) is 29.4. The van der Waals surface area contributed by atoms with E-state index in [0.29, 0.717) is 0 Å². The highest BCUT2D eigenvalue weighted by molar-refractivity contribution is 9.10. The molecule has 2 atom stereocenters. The summed E-state index contributed by atoms with van der Waals surface area (Å²) < 4.78 is 14.2. The number of para-hydroxylation sites is 1. The van der Waals surface area contributed by atoms with E-state index in [2.05, 4.69) is 82.7 Å². The zero-order valence-corrected chi connectivity index (χ0v) is 16.6. The number of benzene rings is 4. The molecule has 0 aromatic heterocycles. The minimum atomic E-state index is -0.810. The first-order chi connectivity index (χ1) is 13.7. The fourth-order valence-electron chi connectivity index (χ4n) is 4.62. The lowest BCUT2D eigenvalue weighted by molar-refractivity contribution is -0.148. The van der Waals surface area contributed by atoms with Crippen molar-refractivity contribution in [2.24, 2.45) is 0 Å². The van der Waals surface area contributed by atoms with Gasteiger partial charge in [-0.15, -0.1) is 0 Å². The number of ether oxygens (including phenoxy) is 2. The molecule has 2 aliphatic rings. The molecule has 0 saturated carbocycles. The molecule has 0 saturated heterocycles. The van der Waals surface area contributed by atoms with Gasteiger partial charge in [0.25, 0.3) is 5.79 Å². The molecule has 0 N–H and O–H groups in total. The third-order valence-electron chi connectivity index (χ3n) is 5.88. The molecule has 0 amide bonds. The van der Waals surface area contributed by atoms with Crippen LogP contribution in [0.3, 0.4) is 0 Å². The Bertz CT molecular complexity index is 1210. The van der Waals surface area contributed by atoms with Gasteiger partial charge in [-0.05, 0) is 35.0 Å². The van der Waals surface area contributed by atoms with Crippen LogP contribution in [0.15, 0.2) is 89.4 Å². The van der Waals surface area contributed by atoms with Crippen LogP contribution in [0, 0.1) is 0 Å². The maximum atomic E-state index is 6.64. The maximum absolute atomic E-state index is 6.64. The fraction of sp³-hybridized carbons (Fsp3) is 0.120. The average Bonchev–Trinajstić information content (AvgIpc) is 2.73. The van der Waals surface area contributed by atoms with E-state index in [1.807, 2.05) is 18.2 Å². The summed E-state index contributed by atoms with van der Waals surface area (Å²) >= 11 is 3.53. The van der Waals surface area contributed by atoms with Crippen LogP contribution in [-0.2, 0) is 5.79 Å². The highest BCUT2D eigenvalue weighted by atomic mass is 79.9. The molecule has 136 valence electrons. The van der Waals surface area contributed by atoms with Gasteiger partial charge >= 0.3 is 0 Å². The summed E-state index contributed by atoms with van der Waals surface area (Å²) in [7, 11) is 0. The first-order valence-electron chi connectivity index (χ1n) is 9.48. The largest absolute Gasteiger partial charge is 0.448 e. The Morgan fingerprint density at radius 3 is 2.39 bits per heavy atom. The first-order valence-corrected chi connectivity index (χ1v) is 10.3. The minimum absolute atomic E-state index is 0.225. The molecule has 3 heteroatoms. The summed E-state index contributed by atoms with van der Waals surface area (Å²) in [5.41, 5.74) is 3.53. The molecular formula is C25H17BrO2. The highest BCUT2D eigenvalue weighted by Gasteiger charge is 2.50. The van der Waals surface area contributed by atoms with Gasteiger partial charge in [-0.1, -0.05) is 76.6 Å². The lowest BCUT2D eigenvalue weighted by Gasteiger charge is -2.46. The molecule has 4 aromatic rings. The average molecular weight is 429 g/mol. The number of rotatable bonds is 1. The molecule has 0 fully saturated rings. The molecule has 0 spiro atoms. The number of hydrogen-bond acceptors (Lipinski definition) is 2. The van der Waals surface area contributed by atoms with Crippen molar-refractivity contribution in [1.29, 1.82) is 0 Å². The van der Waals surface area contributed by atoms with Crippen LogP contribution < -0.4 is 9.47 Å². The summed E-state index contributed by atoms with van der Waals surface area (Å²) in [5, 5.41) is 2.50. The van der Waals surface area contributed by atoms with Gasteiger partial charge in [0.15, 0.2) is 0 Å². The van der Waals surface area contributed by atoms with Crippen LogP contribution in [0.25, 0.3) is 10.8 Å². The standard InChI is InChI=1S/C25H17BrO2/c26-18-12-10-17(11-13-18)25-15-21(20-7-3-4-8-22(20)27-25)24-19-6-2-1-5-16(19)9-14-23(24)28-25/h1-14,21H,15H2/t21-,25-/m1/s1. The smallest absolute Gasteiger partial charge is 0.278 e. The van der Waals surface area contributed by atoms with E-state index in [-0.39, 0.29) is 5.92 Å². The summed E-state index contributed by atoms with van der Waals surface area (Å²) in [5.74, 6) is 1.23. The number of hydrogen-bond donors (Lipinski definition) is 0. The molecule has 2 nitrogen and oxygen atoms in total. The van der Waals surface area contributed by atoms with Gasteiger partial charge in [0.1, 0.15) is 11.5 Å². The second kappa shape index (κ2) is 5.86. The minimum Gasteiger partial charge on any atom is -0.448 e. The van der Waals surface area contributed by atoms with Crippen LogP contribution in [-0.4, -0.2) is 0 Å². The van der Waals surface area contributed by atoms with E-state index in [1.54, 1.807) is 0 Å². The van der Waals surface area contributed by atoms with E-state index >= 15 is 0 Å². The van der Waals surface area contributed by atoms with Crippen LogP contribution in [0.5, 0.6) is 11.5 Å². The van der Waals surface area contributed by atoms with Crippen molar-refractivity contribution in [2.75, 3.05) is 0 Å². The Morgan fingerprint density at radius 2 is 1.50 bits per heavy atom. The number of fused-ring (bicyclic) bond motifs is 8. The first kappa shape index (κ1) is 16.2. The Hall–Kier alpha value is -2.78. The van der Waals surface area contributed by atoms with E-state index in [4.69, 9.17) is 9.47 Å². The lowest BCUT2D eigenvalue weighted by atomic mass is 9.77. The topological polar surface area (TPSA) is 18.5 Å². The molecule has 6 rings (SSSR count). The molecule has 2 heterocycles. The summed E-state index contributed by atoms with van der Waals surface area (Å²) in [4.78, 5) is 0. The van der Waals surface area contributed by atoms with Crippen LogP contribution in [0.1, 0.15) is 29.0 Å². The van der Waals surface area contributed by atoms with Crippen molar-refractivity contribution >= 4 is 26.7 Å². The predicted molar refractivity (Wildman–Crippen MR) is 114 cm³/mol. The number of halogens is 1. The molecular weight excluding hydrogens is 412 g/mol. The third kappa shape index (κ3) is 2.26. The molecule has 0 unspecified atom stereocenters. The summed E-state index contributed by atoms with van der Waals surface area (Å²) in [6.07, 6.45) is 0.757. The molecule has 4 aromatic carbocycles. The zero-order valence-electron chi connectivity index (χ0n) is 15.1. The monoisotopic (exact) mass is 428 g/mol. The Morgan fingerprint density at radius 1 is 0.750 bits per heavy atom. The van der Waals surface area contributed by atoms with Crippen LogP contribution >= 0.6 is 15.9 Å². The van der Waals surface area contributed by atoms with Gasteiger partial charge in [0.2, 0.25) is 0 Å². The quantitative estimate of drug-likeness (QED) is 0.333. The van der Waals surface area contributed by atoms with Crippen molar-refractivity contribution in [2.45, 2.75) is 18.1 Å². The highest BCUT2D eigenvalue weighted by Crippen LogP contribution is 2.56. The molecule has 2 bridgehead atoms. The Labute approximate surface area is 171 Å². The SMILES string of the molecule is Brc1ccc([C@]23C[C@H](c4ccccc4O2)c2c(ccc4ccccc24)O3)cc1. The van der Waals surface area contributed by atoms with E-state index in [9.17, 15) is 0 Å². The van der Waals surface area contributed by atoms with Gasteiger partial charge < -0.3 is 9.47 Å². The van der Waals surface area contributed by atoms with E-state index in [0.717, 1.165) is 28.0 Å². The Balaban J connectivity index is 1.64. The van der Waals surface area contributed by atoms with Gasteiger partial charge in [-0.25, -0.2) is 0 Å². The van der Waals surface area contributed by atoms with Gasteiger partial charge in [0, 0.05) is 33.5 Å². The van der Waals surface area contributed by atoms with Gasteiger partial charge in [-0.2, -0.15) is 0 Å². The second-order valence-electron chi connectivity index (χ2n) is 7.46. The van der Waals surface area contributed by atoms with Gasteiger partial charge in [0.05, 0.1) is 0 Å².